The van der Waals surface area contributed by atoms with Gasteiger partial charge in [-0.2, -0.15) is 0 Å². The Hall–Kier alpha value is -2.32. The van der Waals surface area contributed by atoms with Gasteiger partial charge >= 0.3 is 0 Å². The molecule has 2 rings (SSSR count). The SMILES string of the molecule is CC(C)C1=CC(=O)NC1=O.CNN1C(=O)C=CC1=O.N. The molecule has 0 saturated heterocycles. The van der Waals surface area contributed by atoms with Gasteiger partial charge in [-0.25, -0.2) is 10.4 Å². The summed E-state index contributed by atoms with van der Waals surface area (Å²) in [5, 5.41) is 3.11. The minimum absolute atomic E-state index is 0. The second-order valence-corrected chi connectivity index (χ2v) is 4.14. The fourth-order valence-electron chi connectivity index (χ4n) is 1.48. The molecule has 0 aliphatic carbocycles. The van der Waals surface area contributed by atoms with Crippen molar-refractivity contribution in [3.8, 4) is 0 Å². The Kier molecular flexibility index (Phi) is 6.47. The van der Waals surface area contributed by atoms with E-state index < -0.39 is 0 Å². The second-order valence-electron chi connectivity index (χ2n) is 4.14. The summed E-state index contributed by atoms with van der Waals surface area (Å²) in [6, 6.07) is 0. The third kappa shape index (κ3) is 4.11. The van der Waals surface area contributed by atoms with Crippen LogP contribution in [0.4, 0.5) is 0 Å². The van der Waals surface area contributed by atoms with Gasteiger partial charge in [-0.05, 0) is 5.92 Å². The molecule has 20 heavy (non-hydrogen) atoms. The highest BCUT2D eigenvalue weighted by Crippen LogP contribution is 2.12. The number of amides is 4. The van der Waals surface area contributed by atoms with Gasteiger partial charge < -0.3 is 6.15 Å². The molecule has 5 N–H and O–H groups in total. The van der Waals surface area contributed by atoms with Crippen LogP contribution in [0.5, 0.6) is 0 Å². The molecule has 0 atom stereocenters. The lowest BCUT2D eigenvalue weighted by molar-refractivity contribution is -0.140. The molecule has 0 spiro atoms. The van der Waals surface area contributed by atoms with E-state index in [0.29, 0.717) is 5.57 Å². The minimum atomic E-state index is -0.317. The average Bonchev–Trinajstić information content (AvgIpc) is 2.83. The van der Waals surface area contributed by atoms with Crippen LogP contribution in [0.3, 0.4) is 0 Å². The van der Waals surface area contributed by atoms with Crippen LogP contribution in [0.1, 0.15) is 13.8 Å². The first-order valence-corrected chi connectivity index (χ1v) is 5.67. The highest BCUT2D eigenvalue weighted by molar-refractivity contribution is 6.16. The van der Waals surface area contributed by atoms with E-state index in [-0.39, 0.29) is 35.7 Å². The summed E-state index contributed by atoms with van der Waals surface area (Å²) in [6.07, 6.45) is 3.80. The quantitative estimate of drug-likeness (QED) is 0.581. The van der Waals surface area contributed by atoms with Crippen molar-refractivity contribution in [3.05, 3.63) is 23.8 Å². The first-order chi connectivity index (χ1) is 8.86. The molecule has 0 fully saturated rings. The number of carbonyl (C=O) groups excluding carboxylic acids is 4. The van der Waals surface area contributed by atoms with Gasteiger partial charge in [-0.15, -0.1) is 0 Å². The normalized spacial score (nSPS) is 16.8. The van der Waals surface area contributed by atoms with Crippen molar-refractivity contribution in [1.29, 1.82) is 0 Å². The summed E-state index contributed by atoms with van der Waals surface area (Å²) in [4.78, 5) is 42.5. The lowest BCUT2D eigenvalue weighted by Gasteiger charge is -2.09. The molecule has 0 unspecified atom stereocenters. The highest BCUT2D eigenvalue weighted by Gasteiger charge is 2.22. The summed E-state index contributed by atoms with van der Waals surface area (Å²) in [5.74, 6) is -1.05. The fraction of sp³-hybridized carbons (Fsp3) is 0.333. The largest absolute Gasteiger partial charge is 0.344 e. The standard InChI is InChI=1S/C7H9NO2.C5H6N2O2.H3N/c1-4(2)5-3-6(9)8-7(5)10;1-6-7-4(8)2-3-5(7)9;/h3-4H,1-2H3,(H,8,9,10);2-3,6H,1H3;1H3. The van der Waals surface area contributed by atoms with Crippen LogP contribution in [0.2, 0.25) is 0 Å². The molecule has 0 aromatic rings. The van der Waals surface area contributed by atoms with Gasteiger partial charge in [0, 0.05) is 30.8 Å². The predicted molar refractivity (Wildman–Crippen MR) is 71.1 cm³/mol. The summed E-state index contributed by atoms with van der Waals surface area (Å²) in [6.45, 7) is 3.76. The van der Waals surface area contributed by atoms with Crippen molar-refractivity contribution in [3.63, 3.8) is 0 Å². The predicted octanol–water partition coefficient (Wildman–Crippen LogP) is -0.567. The van der Waals surface area contributed by atoms with E-state index in [1.165, 1.54) is 25.3 Å². The van der Waals surface area contributed by atoms with Crippen molar-refractivity contribution >= 4 is 23.6 Å². The van der Waals surface area contributed by atoms with Gasteiger partial charge in [0.25, 0.3) is 23.6 Å². The zero-order valence-corrected chi connectivity index (χ0v) is 11.6. The molecular formula is C12H18N4O4. The Labute approximate surface area is 116 Å². The zero-order chi connectivity index (χ0) is 14.6. The zero-order valence-electron chi connectivity index (χ0n) is 11.6. The van der Waals surface area contributed by atoms with Gasteiger partial charge in [0.05, 0.1) is 0 Å². The molecule has 4 amide bonds. The summed E-state index contributed by atoms with van der Waals surface area (Å²) in [5.41, 5.74) is 3.01. The first-order valence-electron chi connectivity index (χ1n) is 5.67. The Morgan fingerprint density at radius 1 is 1.10 bits per heavy atom. The lowest BCUT2D eigenvalue weighted by Crippen LogP contribution is -2.39. The van der Waals surface area contributed by atoms with Crippen molar-refractivity contribution in [2.45, 2.75) is 13.8 Å². The Bertz CT molecular complexity index is 476. The maximum absolute atomic E-state index is 10.8. The van der Waals surface area contributed by atoms with Gasteiger partial charge in [0.1, 0.15) is 0 Å². The minimum Gasteiger partial charge on any atom is -0.344 e. The Balaban J connectivity index is 0.000000345. The van der Waals surface area contributed by atoms with Gasteiger partial charge in [-0.1, -0.05) is 13.8 Å². The number of hydrazine groups is 1. The average molecular weight is 282 g/mol. The van der Waals surface area contributed by atoms with Crippen molar-refractivity contribution in [2.24, 2.45) is 5.92 Å². The number of imide groups is 2. The smallest absolute Gasteiger partial charge is 0.268 e. The van der Waals surface area contributed by atoms with Gasteiger partial charge in [0.2, 0.25) is 0 Å². The van der Waals surface area contributed by atoms with Crippen LogP contribution < -0.4 is 16.9 Å². The van der Waals surface area contributed by atoms with Crippen LogP contribution in [0, 0.1) is 5.92 Å². The molecule has 0 bridgehead atoms. The van der Waals surface area contributed by atoms with E-state index in [1.807, 2.05) is 13.8 Å². The van der Waals surface area contributed by atoms with Gasteiger partial charge in [-0.3, -0.25) is 24.5 Å². The lowest BCUT2D eigenvalue weighted by atomic mass is 10.0. The molecule has 0 radical (unpaired) electrons. The molecule has 0 saturated carbocycles. The first kappa shape index (κ1) is 17.7. The topological polar surface area (TPSA) is 131 Å². The number of rotatable bonds is 2. The summed E-state index contributed by atoms with van der Waals surface area (Å²) >= 11 is 0. The third-order valence-corrected chi connectivity index (χ3v) is 2.44. The molecule has 0 aromatic heterocycles. The second kappa shape index (κ2) is 7.31. The third-order valence-electron chi connectivity index (χ3n) is 2.44. The number of carbonyl (C=O) groups is 4. The van der Waals surface area contributed by atoms with E-state index in [9.17, 15) is 19.2 Å². The molecule has 2 aliphatic rings. The van der Waals surface area contributed by atoms with Crippen molar-refractivity contribution in [2.75, 3.05) is 7.05 Å². The van der Waals surface area contributed by atoms with Gasteiger partial charge in [0.15, 0.2) is 0 Å². The molecule has 2 heterocycles. The number of nitrogens with one attached hydrogen (secondary N) is 2. The van der Waals surface area contributed by atoms with Crippen LogP contribution in [0.25, 0.3) is 0 Å². The summed E-state index contributed by atoms with van der Waals surface area (Å²) in [7, 11) is 1.52. The molecule has 0 aromatic carbocycles. The Morgan fingerprint density at radius 3 is 1.80 bits per heavy atom. The van der Waals surface area contributed by atoms with E-state index >= 15 is 0 Å². The van der Waals surface area contributed by atoms with Crippen molar-refractivity contribution in [1.82, 2.24) is 21.9 Å². The van der Waals surface area contributed by atoms with E-state index in [2.05, 4.69) is 10.7 Å². The maximum Gasteiger partial charge on any atom is 0.268 e. The van der Waals surface area contributed by atoms with Crippen LogP contribution in [0.15, 0.2) is 23.8 Å². The molecule has 110 valence electrons. The Morgan fingerprint density at radius 2 is 1.60 bits per heavy atom. The number of hydrogen-bond donors (Lipinski definition) is 3. The number of nitrogens with zero attached hydrogens (tertiary/aromatic N) is 1. The number of hydrogen-bond acceptors (Lipinski definition) is 6. The molecule has 8 nitrogen and oxygen atoms in total. The summed E-state index contributed by atoms with van der Waals surface area (Å²) < 4.78 is 0. The van der Waals surface area contributed by atoms with Crippen LogP contribution in [-0.4, -0.2) is 35.7 Å². The van der Waals surface area contributed by atoms with E-state index in [1.54, 1.807) is 0 Å². The molecule has 8 heteroatoms. The maximum atomic E-state index is 10.8. The van der Waals surface area contributed by atoms with E-state index in [4.69, 9.17) is 0 Å². The van der Waals surface area contributed by atoms with Crippen molar-refractivity contribution < 1.29 is 19.2 Å². The van der Waals surface area contributed by atoms with E-state index in [0.717, 1.165) is 5.01 Å². The highest BCUT2D eigenvalue weighted by atomic mass is 16.2. The molecular weight excluding hydrogens is 264 g/mol. The monoisotopic (exact) mass is 282 g/mol. The van der Waals surface area contributed by atoms with Crippen LogP contribution in [-0.2, 0) is 19.2 Å². The fourth-order valence-corrected chi connectivity index (χ4v) is 1.48. The molecule has 2 aliphatic heterocycles. The van der Waals surface area contributed by atoms with Crippen LogP contribution >= 0.6 is 0 Å².